The first-order chi connectivity index (χ1) is 17.4. The molecule has 1 atom stereocenters. The smallest absolute Gasteiger partial charge is 0.283 e. The van der Waals surface area contributed by atoms with Gasteiger partial charge >= 0.3 is 0 Å². The molecular formula is C28H27N5O2S. The van der Waals surface area contributed by atoms with E-state index in [0.717, 1.165) is 29.7 Å². The molecule has 2 heterocycles. The van der Waals surface area contributed by atoms with Crippen LogP contribution in [0.5, 0.6) is 0 Å². The van der Waals surface area contributed by atoms with Gasteiger partial charge in [0.25, 0.3) is 11.5 Å². The number of carbonyl (C=O) groups is 1. The van der Waals surface area contributed by atoms with Gasteiger partial charge in [0.2, 0.25) is 10.1 Å². The summed E-state index contributed by atoms with van der Waals surface area (Å²) in [5.74, 6) is -0.180. The number of aryl methyl sites for hydroxylation is 3. The normalized spacial score (nSPS) is 12.1. The van der Waals surface area contributed by atoms with E-state index >= 15 is 0 Å². The maximum Gasteiger partial charge on any atom is 0.283 e. The number of hydrogen-bond donors (Lipinski definition) is 2. The summed E-state index contributed by atoms with van der Waals surface area (Å²) in [7, 11) is 0. The summed E-state index contributed by atoms with van der Waals surface area (Å²) in [5, 5.41) is 11.8. The zero-order chi connectivity index (χ0) is 25.2. The number of nitrogens with zero attached hydrogens (tertiary/aromatic N) is 3. The average molecular weight is 498 g/mol. The van der Waals surface area contributed by atoms with Gasteiger partial charge in [-0.05, 0) is 74.6 Å². The highest BCUT2D eigenvalue weighted by Crippen LogP contribution is 2.26. The zero-order valence-corrected chi connectivity index (χ0v) is 21.2. The van der Waals surface area contributed by atoms with Crippen LogP contribution in [0.25, 0.3) is 15.9 Å². The second-order valence-electron chi connectivity index (χ2n) is 9.09. The molecule has 5 rings (SSSR count). The Morgan fingerprint density at radius 1 is 1.06 bits per heavy atom. The molecular weight excluding hydrogens is 470 g/mol. The number of fused-ring (bicyclic) bond motifs is 2. The molecule has 1 unspecified atom stereocenters. The van der Waals surface area contributed by atoms with E-state index in [1.54, 1.807) is 18.2 Å². The highest BCUT2D eigenvalue weighted by atomic mass is 32.1. The Bertz CT molecular complexity index is 1620. The topological polar surface area (TPSA) is 88.4 Å². The minimum Gasteiger partial charge on any atom is -0.350 e. The van der Waals surface area contributed by atoms with E-state index in [2.05, 4.69) is 38.9 Å². The second-order valence-corrected chi connectivity index (χ2v) is 10.0. The summed E-state index contributed by atoms with van der Waals surface area (Å²) in [6.45, 7) is 6.04. The molecule has 0 spiro atoms. The average Bonchev–Trinajstić information content (AvgIpc) is 3.28. The summed E-state index contributed by atoms with van der Waals surface area (Å²) in [5.41, 5.74) is 5.09. The number of benzene rings is 3. The molecule has 36 heavy (non-hydrogen) atoms. The van der Waals surface area contributed by atoms with Gasteiger partial charge in [0.05, 0.1) is 10.9 Å². The predicted molar refractivity (Wildman–Crippen MR) is 146 cm³/mol. The van der Waals surface area contributed by atoms with Crippen molar-refractivity contribution in [2.45, 2.75) is 39.7 Å². The minimum absolute atomic E-state index is 0.00896. The minimum atomic E-state index is -0.261. The maximum atomic E-state index is 13.1. The van der Waals surface area contributed by atoms with Crippen molar-refractivity contribution in [3.05, 3.63) is 99.3 Å². The lowest BCUT2D eigenvalue weighted by atomic mass is 10.1. The fourth-order valence-electron chi connectivity index (χ4n) is 4.09. The number of amides is 1. The van der Waals surface area contributed by atoms with Crippen molar-refractivity contribution < 1.29 is 4.79 Å². The van der Waals surface area contributed by atoms with Crippen molar-refractivity contribution in [1.82, 2.24) is 19.9 Å². The summed E-state index contributed by atoms with van der Waals surface area (Å²) < 4.78 is 1.31. The van der Waals surface area contributed by atoms with Crippen LogP contribution in [0.3, 0.4) is 0 Å². The third-order valence-corrected chi connectivity index (χ3v) is 7.00. The van der Waals surface area contributed by atoms with Gasteiger partial charge in [0.1, 0.15) is 0 Å². The first-order valence-electron chi connectivity index (χ1n) is 11.9. The Kier molecular flexibility index (Phi) is 6.52. The maximum absolute atomic E-state index is 13.1. The first kappa shape index (κ1) is 23.7. The van der Waals surface area contributed by atoms with Crippen LogP contribution >= 0.6 is 11.3 Å². The van der Waals surface area contributed by atoms with Crippen LogP contribution in [0.2, 0.25) is 0 Å². The van der Waals surface area contributed by atoms with Crippen molar-refractivity contribution in [2.24, 2.45) is 0 Å². The van der Waals surface area contributed by atoms with Crippen molar-refractivity contribution >= 4 is 43.9 Å². The van der Waals surface area contributed by atoms with E-state index in [-0.39, 0.29) is 17.5 Å². The molecule has 8 heteroatoms. The fraction of sp³-hybridized carbons (Fsp3) is 0.214. The molecule has 0 fully saturated rings. The lowest BCUT2D eigenvalue weighted by molar-refractivity contribution is 0.0938. The second kappa shape index (κ2) is 9.91. The van der Waals surface area contributed by atoms with Gasteiger partial charge in [-0.25, -0.2) is 4.98 Å². The number of rotatable bonds is 7. The van der Waals surface area contributed by atoms with Gasteiger partial charge in [-0.1, -0.05) is 53.8 Å². The number of aromatic nitrogens is 3. The van der Waals surface area contributed by atoms with Crippen LogP contribution in [0.15, 0.2) is 71.5 Å². The number of hydrogen-bond acceptors (Lipinski definition) is 6. The van der Waals surface area contributed by atoms with Crippen LogP contribution in [0.4, 0.5) is 10.8 Å². The van der Waals surface area contributed by atoms with Crippen molar-refractivity contribution in [2.75, 3.05) is 5.32 Å². The monoisotopic (exact) mass is 497 g/mol. The summed E-state index contributed by atoms with van der Waals surface area (Å²) in [6.07, 6.45) is 1.72. The molecule has 2 N–H and O–H groups in total. The van der Waals surface area contributed by atoms with E-state index in [9.17, 15) is 9.59 Å². The van der Waals surface area contributed by atoms with Crippen molar-refractivity contribution in [3.8, 4) is 0 Å². The molecule has 1 amide bonds. The van der Waals surface area contributed by atoms with E-state index in [1.807, 2.05) is 51.1 Å². The van der Waals surface area contributed by atoms with Gasteiger partial charge in [0.15, 0.2) is 0 Å². The highest BCUT2D eigenvalue weighted by molar-refractivity contribution is 7.20. The van der Waals surface area contributed by atoms with Crippen LogP contribution < -0.4 is 16.2 Å². The SMILES string of the molecule is Cc1ccc(C)c(Nc2nn3c(=O)c4ccc(C(=O)NC(C)CCc5ccccc5)cc4nc3s2)c1. The summed E-state index contributed by atoms with van der Waals surface area (Å²) in [6, 6.07) is 21.3. The largest absolute Gasteiger partial charge is 0.350 e. The van der Waals surface area contributed by atoms with E-state index in [4.69, 9.17) is 0 Å². The Labute approximate surface area is 212 Å². The predicted octanol–water partition coefficient (Wildman–Crippen LogP) is 5.42. The molecule has 0 radical (unpaired) electrons. The third-order valence-electron chi connectivity index (χ3n) is 6.18. The standard InChI is InChI=1S/C28H27N5O2S/c1-17-9-10-18(2)23(15-17)30-27-32-33-26(35)22-14-13-21(16-24(22)31-28(33)36-27)25(34)29-19(3)11-12-20-7-5-4-6-8-20/h4-10,13-16,19H,11-12H2,1-3H3,(H,29,34)(H,30,32). The van der Waals surface area contributed by atoms with E-state index in [0.29, 0.717) is 26.6 Å². The van der Waals surface area contributed by atoms with Crippen molar-refractivity contribution in [1.29, 1.82) is 0 Å². The molecule has 0 saturated heterocycles. The first-order valence-corrected chi connectivity index (χ1v) is 12.7. The van der Waals surface area contributed by atoms with Gasteiger partial charge in [-0.2, -0.15) is 4.52 Å². The molecule has 0 saturated carbocycles. The number of nitrogens with one attached hydrogen (secondary N) is 2. The number of carbonyl (C=O) groups excluding carboxylic acids is 1. The molecule has 0 aliphatic rings. The molecule has 2 aromatic heterocycles. The van der Waals surface area contributed by atoms with Crippen LogP contribution in [-0.2, 0) is 6.42 Å². The molecule has 5 aromatic rings. The molecule has 3 aromatic carbocycles. The number of anilines is 2. The van der Waals surface area contributed by atoms with Gasteiger partial charge < -0.3 is 10.6 Å². The highest BCUT2D eigenvalue weighted by Gasteiger charge is 2.15. The Balaban J connectivity index is 1.36. The van der Waals surface area contributed by atoms with Gasteiger partial charge in [0, 0.05) is 17.3 Å². The Morgan fingerprint density at radius 2 is 1.86 bits per heavy atom. The summed E-state index contributed by atoms with van der Waals surface area (Å²) in [4.78, 5) is 31.1. The quantitative estimate of drug-likeness (QED) is 0.314. The Morgan fingerprint density at radius 3 is 2.67 bits per heavy atom. The third kappa shape index (κ3) is 4.99. The molecule has 182 valence electrons. The molecule has 0 bridgehead atoms. The van der Waals surface area contributed by atoms with Gasteiger partial charge in [-0.15, -0.1) is 5.10 Å². The van der Waals surface area contributed by atoms with Crippen LogP contribution in [0.1, 0.15) is 40.4 Å². The summed E-state index contributed by atoms with van der Waals surface area (Å²) >= 11 is 1.29. The van der Waals surface area contributed by atoms with E-state index < -0.39 is 0 Å². The lowest BCUT2D eigenvalue weighted by Gasteiger charge is -2.14. The molecule has 7 nitrogen and oxygen atoms in total. The fourth-order valence-corrected chi connectivity index (χ4v) is 4.90. The molecule has 0 aliphatic carbocycles. The Hall–Kier alpha value is -4.04. The van der Waals surface area contributed by atoms with E-state index in [1.165, 1.54) is 21.4 Å². The zero-order valence-electron chi connectivity index (χ0n) is 20.4. The molecule has 0 aliphatic heterocycles. The van der Waals surface area contributed by atoms with Crippen LogP contribution in [-0.4, -0.2) is 26.5 Å². The van der Waals surface area contributed by atoms with Crippen LogP contribution in [0, 0.1) is 13.8 Å². The van der Waals surface area contributed by atoms with Crippen molar-refractivity contribution in [3.63, 3.8) is 0 Å². The van der Waals surface area contributed by atoms with Gasteiger partial charge in [-0.3, -0.25) is 9.59 Å². The lowest BCUT2D eigenvalue weighted by Crippen LogP contribution is -2.33.